The van der Waals surface area contributed by atoms with Crippen molar-refractivity contribution in [2.24, 2.45) is 5.73 Å². The van der Waals surface area contributed by atoms with Crippen LogP contribution in [0, 0.1) is 13.8 Å². The fourth-order valence-electron chi connectivity index (χ4n) is 2.71. The van der Waals surface area contributed by atoms with E-state index in [0.29, 0.717) is 5.92 Å². The maximum absolute atomic E-state index is 10.9. The van der Waals surface area contributed by atoms with E-state index < -0.39 is 5.91 Å². The zero-order chi connectivity index (χ0) is 13.1. The van der Waals surface area contributed by atoms with Gasteiger partial charge in [-0.25, -0.2) is 0 Å². The zero-order valence-electron chi connectivity index (χ0n) is 11.2. The number of hydrogen-bond donors (Lipinski definition) is 1. The first-order chi connectivity index (χ1) is 8.59. The number of hydrogen-bond acceptors (Lipinski definition) is 2. The van der Waals surface area contributed by atoms with Gasteiger partial charge in [0.05, 0.1) is 0 Å². The van der Waals surface area contributed by atoms with Gasteiger partial charge >= 0.3 is 0 Å². The third kappa shape index (κ3) is 2.66. The summed E-state index contributed by atoms with van der Waals surface area (Å²) in [5.74, 6) is 2.07. The SMILES string of the molecule is Cc1oc(C2CCCCC2)c(/C=C/C(N)=O)c1C. The van der Waals surface area contributed by atoms with E-state index in [1.165, 1.54) is 38.2 Å². The van der Waals surface area contributed by atoms with Gasteiger partial charge < -0.3 is 10.2 Å². The molecule has 1 amide bonds. The molecule has 98 valence electrons. The maximum Gasteiger partial charge on any atom is 0.241 e. The third-order valence-electron chi connectivity index (χ3n) is 3.85. The Morgan fingerprint density at radius 2 is 1.94 bits per heavy atom. The van der Waals surface area contributed by atoms with E-state index in [4.69, 9.17) is 10.2 Å². The number of nitrogens with two attached hydrogens (primary N) is 1. The van der Waals surface area contributed by atoms with E-state index in [0.717, 1.165) is 22.6 Å². The van der Waals surface area contributed by atoms with Crippen LogP contribution in [0.4, 0.5) is 0 Å². The molecule has 1 saturated carbocycles. The molecule has 1 aromatic rings. The minimum absolute atomic E-state index is 0.414. The van der Waals surface area contributed by atoms with Crippen LogP contribution in [-0.2, 0) is 4.79 Å². The molecule has 1 heterocycles. The third-order valence-corrected chi connectivity index (χ3v) is 3.85. The van der Waals surface area contributed by atoms with Crippen molar-refractivity contribution in [1.29, 1.82) is 0 Å². The summed E-state index contributed by atoms with van der Waals surface area (Å²) in [5, 5.41) is 0. The van der Waals surface area contributed by atoms with E-state index in [9.17, 15) is 4.79 Å². The standard InChI is InChI=1S/C15H21NO2/c1-10-11(2)18-15(12-6-4-3-5-7-12)13(10)8-9-14(16)17/h8-9,12H,3-7H2,1-2H3,(H2,16,17)/b9-8+. The number of furan rings is 1. The molecule has 0 saturated heterocycles. The lowest BCUT2D eigenvalue weighted by Gasteiger charge is -2.20. The Bertz CT molecular complexity index is 465. The fraction of sp³-hybridized carbons (Fsp3) is 0.533. The minimum Gasteiger partial charge on any atom is -0.465 e. The molecule has 18 heavy (non-hydrogen) atoms. The molecule has 1 fully saturated rings. The molecule has 0 unspecified atom stereocenters. The van der Waals surface area contributed by atoms with Crippen LogP contribution in [0.15, 0.2) is 10.5 Å². The maximum atomic E-state index is 10.9. The topological polar surface area (TPSA) is 56.2 Å². The Balaban J connectivity index is 2.33. The molecule has 0 spiro atoms. The smallest absolute Gasteiger partial charge is 0.241 e. The predicted molar refractivity (Wildman–Crippen MR) is 72.2 cm³/mol. The lowest BCUT2D eigenvalue weighted by atomic mass is 9.85. The Morgan fingerprint density at radius 3 is 2.56 bits per heavy atom. The van der Waals surface area contributed by atoms with Crippen LogP contribution in [0.1, 0.15) is 60.7 Å². The van der Waals surface area contributed by atoms with Crippen LogP contribution in [-0.4, -0.2) is 5.91 Å². The van der Waals surface area contributed by atoms with Gasteiger partial charge in [0.25, 0.3) is 0 Å². The van der Waals surface area contributed by atoms with E-state index in [2.05, 4.69) is 0 Å². The van der Waals surface area contributed by atoms with Crippen molar-refractivity contribution in [3.63, 3.8) is 0 Å². The van der Waals surface area contributed by atoms with Crippen LogP contribution in [0.25, 0.3) is 6.08 Å². The van der Waals surface area contributed by atoms with Gasteiger partial charge in [0.2, 0.25) is 5.91 Å². The van der Waals surface area contributed by atoms with Crippen molar-refractivity contribution in [2.45, 2.75) is 51.9 Å². The number of carbonyl (C=O) groups excluding carboxylic acids is 1. The van der Waals surface area contributed by atoms with Gasteiger partial charge in [-0.3, -0.25) is 4.79 Å². The molecule has 0 atom stereocenters. The van der Waals surface area contributed by atoms with Gasteiger partial charge in [-0.1, -0.05) is 19.3 Å². The Hall–Kier alpha value is -1.51. The Kier molecular flexibility index (Phi) is 3.90. The minimum atomic E-state index is -0.414. The van der Waals surface area contributed by atoms with Crippen molar-refractivity contribution in [3.8, 4) is 0 Å². The van der Waals surface area contributed by atoms with Gasteiger partial charge in [-0.05, 0) is 38.3 Å². The van der Waals surface area contributed by atoms with Crippen molar-refractivity contribution in [3.05, 3.63) is 28.7 Å². The fourth-order valence-corrected chi connectivity index (χ4v) is 2.71. The van der Waals surface area contributed by atoms with Crippen molar-refractivity contribution in [2.75, 3.05) is 0 Å². The number of amides is 1. The lowest BCUT2D eigenvalue weighted by molar-refractivity contribution is -0.113. The van der Waals surface area contributed by atoms with Crippen LogP contribution in [0.3, 0.4) is 0 Å². The number of carbonyl (C=O) groups is 1. The summed E-state index contributed by atoms with van der Waals surface area (Å²) in [6, 6.07) is 0. The largest absolute Gasteiger partial charge is 0.465 e. The van der Waals surface area contributed by atoms with Crippen LogP contribution in [0.2, 0.25) is 0 Å². The Morgan fingerprint density at radius 1 is 1.28 bits per heavy atom. The van der Waals surface area contributed by atoms with Crippen molar-refractivity contribution in [1.82, 2.24) is 0 Å². The number of primary amides is 1. The first kappa shape index (κ1) is 12.9. The van der Waals surface area contributed by atoms with Crippen LogP contribution >= 0.6 is 0 Å². The average molecular weight is 247 g/mol. The highest BCUT2D eigenvalue weighted by atomic mass is 16.3. The van der Waals surface area contributed by atoms with Gasteiger partial charge in [-0.15, -0.1) is 0 Å². The zero-order valence-corrected chi connectivity index (χ0v) is 11.2. The van der Waals surface area contributed by atoms with E-state index in [1.54, 1.807) is 6.08 Å². The molecular formula is C15H21NO2. The lowest BCUT2D eigenvalue weighted by Crippen LogP contribution is -2.06. The molecule has 1 aliphatic rings. The summed E-state index contributed by atoms with van der Waals surface area (Å²) in [4.78, 5) is 10.9. The molecule has 3 nitrogen and oxygen atoms in total. The first-order valence-electron chi connectivity index (χ1n) is 6.67. The van der Waals surface area contributed by atoms with Crippen molar-refractivity contribution < 1.29 is 9.21 Å². The number of aryl methyl sites for hydroxylation is 1. The molecule has 3 heteroatoms. The molecule has 1 aliphatic carbocycles. The second-order valence-electron chi connectivity index (χ2n) is 5.13. The average Bonchev–Trinajstić information content (AvgIpc) is 2.64. The normalized spacial score (nSPS) is 17.4. The van der Waals surface area contributed by atoms with Gasteiger partial charge in [-0.2, -0.15) is 0 Å². The summed E-state index contributed by atoms with van der Waals surface area (Å²) >= 11 is 0. The van der Waals surface area contributed by atoms with Crippen molar-refractivity contribution >= 4 is 12.0 Å². The molecule has 2 N–H and O–H groups in total. The quantitative estimate of drug-likeness (QED) is 0.832. The molecule has 0 radical (unpaired) electrons. The van der Waals surface area contributed by atoms with Gasteiger partial charge in [0, 0.05) is 17.6 Å². The van der Waals surface area contributed by atoms with E-state index >= 15 is 0 Å². The summed E-state index contributed by atoms with van der Waals surface area (Å²) in [6.45, 7) is 4.01. The monoisotopic (exact) mass is 247 g/mol. The van der Waals surface area contributed by atoms with E-state index in [1.807, 2.05) is 13.8 Å². The van der Waals surface area contributed by atoms with Crippen LogP contribution < -0.4 is 5.73 Å². The highest BCUT2D eigenvalue weighted by Crippen LogP contribution is 2.38. The van der Waals surface area contributed by atoms with Gasteiger partial charge in [0.15, 0.2) is 0 Å². The number of rotatable bonds is 3. The first-order valence-corrected chi connectivity index (χ1v) is 6.67. The van der Waals surface area contributed by atoms with Crippen LogP contribution in [0.5, 0.6) is 0 Å². The molecular weight excluding hydrogens is 226 g/mol. The molecule has 1 aromatic heterocycles. The summed E-state index contributed by atoms with van der Waals surface area (Å²) in [5.41, 5.74) is 7.34. The predicted octanol–water partition coefficient (Wildman–Crippen LogP) is 3.44. The van der Waals surface area contributed by atoms with Gasteiger partial charge in [0.1, 0.15) is 11.5 Å². The second kappa shape index (κ2) is 5.42. The Labute approximate surface area is 108 Å². The molecule has 2 rings (SSSR count). The highest BCUT2D eigenvalue weighted by Gasteiger charge is 2.23. The highest BCUT2D eigenvalue weighted by molar-refractivity contribution is 5.90. The molecule has 0 aliphatic heterocycles. The molecule has 0 aromatic carbocycles. The van der Waals surface area contributed by atoms with E-state index in [-0.39, 0.29) is 0 Å². The summed E-state index contributed by atoms with van der Waals surface area (Å²) < 4.78 is 5.91. The summed E-state index contributed by atoms with van der Waals surface area (Å²) in [7, 11) is 0. The summed E-state index contributed by atoms with van der Waals surface area (Å²) in [6.07, 6.45) is 9.45. The second-order valence-corrected chi connectivity index (χ2v) is 5.13. The molecule has 0 bridgehead atoms.